The molecule has 1 aromatic heterocycles. The fourth-order valence-electron chi connectivity index (χ4n) is 2.07. The zero-order chi connectivity index (χ0) is 14.5. The molecule has 3 nitrogen and oxygen atoms in total. The van der Waals surface area contributed by atoms with Gasteiger partial charge in [-0.3, -0.25) is 4.68 Å². The molecule has 0 saturated carbocycles. The highest BCUT2D eigenvalue weighted by molar-refractivity contribution is 6.30. The molecule has 0 amide bonds. The summed E-state index contributed by atoms with van der Waals surface area (Å²) in [5.74, 6) is 0.755. The van der Waals surface area contributed by atoms with Crippen LogP contribution in [0.1, 0.15) is 11.1 Å². The number of nitrogens with zero attached hydrogens (tertiary/aromatic N) is 2. The predicted octanol–water partition coefficient (Wildman–Crippen LogP) is 4.16. The average molecular weight is 299 g/mol. The molecule has 1 heterocycles. The van der Waals surface area contributed by atoms with Crippen molar-refractivity contribution in [3.63, 3.8) is 0 Å². The van der Waals surface area contributed by atoms with E-state index in [1.165, 1.54) is 5.56 Å². The highest BCUT2D eigenvalue weighted by Crippen LogP contribution is 2.15. The summed E-state index contributed by atoms with van der Waals surface area (Å²) in [6.07, 6.45) is 3.63. The molecule has 21 heavy (non-hydrogen) atoms. The molecule has 0 aliphatic carbocycles. The van der Waals surface area contributed by atoms with E-state index in [1.807, 2.05) is 53.3 Å². The smallest absolute Gasteiger partial charge is 0.157 e. The minimum Gasteiger partial charge on any atom is -0.486 e. The summed E-state index contributed by atoms with van der Waals surface area (Å²) >= 11 is 5.95. The zero-order valence-corrected chi connectivity index (χ0v) is 12.2. The lowest BCUT2D eigenvalue weighted by atomic mass is 10.2. The maximum Gasteiger partial charge on any atom is 0.157 e. The van der Waals surface area contributed by atoms with Crippen molar-refractivity contribution < 1.29 is 4.74 Å². The first kappa shape index (κ1) is 13.7. The quantitative estimate of drug-likeness (QED) is 0.707. The van der Waals surface area contributed by atoms with Crippen LogP contribution in [0, 0.1) is 0 Å². The molecule has 0 bridgehead atoms. The second-order valence-corrected chi connectivity index (χ2v) is 5.21. The van der Waals surface area contributed by atoms with Gasteiger partial charge in [-0.2, -0.15) is 5.10 Å². The van der Waals surface area contributed by atoms with E-state index in [4.69, 9.17) is 16.3 Å². The van der Waals surface area contributed by atoms with E-state index < -0.39 is 0 Å². The topological polar surface area (TPSA) is 27.1 Å². The van der Waals surface area contributed by atoms with Gasteiger partial charge >= 0.3 is 0 Å². The van der Waals surface area contributed by atoms with Crippen molar-refractivity contribution in [1.29, 1.82) is 0 Å². The molecule has 0 aliphatic rings. The van der Waals surface area contributed by atoms with E-state index in [2.05, 4.69) is 17.2 Å². The van der Waals surface area contributed by atoms with Crippen molar-refractivity contribution in [1.82, 2.24) is 9.78 Å². The fraction of sp³-hybridized carbons (Fsp3) is 0.118. The Morgan fingerprint density at radius 2 is 1.81 bits per heavy atom. The van der Waals surface area contributed by atoms with Gasteiger partial charge in [-0.1, -0.05) is 54.1 Å². The maximum atomic E-state index is 5.95. The predicted molar refractivity (Wildman–Crippen MR) is 83.6 cm³/mol. The van der Waals surface area contributed by atoms with Crippen molar-refractivity contribution in [3.05, 3.63) is 83.1 Å². The lowest BCUT2D eigenvalue weighted by Crippen LogP contribution is -1.99. The third-order valence-electron chi connectivity index (χ3n) is 3.09. The fourth-order valence-corrected chi connectivity index (χ4v) is 2.28. The van der Waals surface area contributed by atoms with Crippen molar-refractivity contribution >= 4 is 11.6 Å². The summed E-state index contributed by atoms with van der Waals surface area (Å²) in [5.41, 5.74) is 2.25. The minimum atomic E-state index is 0.484. The van der Waals surface area contributed by atoms with Crippen molar-refractivity contribution in [2.45, 2.75) is 13.2 Å². The number of hydrogen-bond donors (Lipinski definition) is 0. The highest BCUT2D eigenvalue weighted by atomic mass is 35.5. The van der Waals surface area contributed by atoms with E-state index >= 15 is 0 Å². The molecule has 0 radical (unpaired) electrons. The van der Waals surface area contributed by atoms with Gasteiger partial charge in [0, 0.05) is 5.02 Å². The number of aromatic nitrogens is 2. The Morgan fingerprint density at radius 1 is 1.00 bits per heavy atom. The summed E-state index contributed by atoms with van der Waals surface area (Å²) < 4.78 is 7.59. The van der Waals surface area contributed by atoms with Crippen LogP contribution in [0.2, 0.25) is 5.02 Å². The zero-order valence-electron chi connectivity index (χ0n) is 11.4. The van der Waals surface area contributed by atoms with Gasteiger partial charge in [-0.05, 0) is 23.3 Å². The SMILES string of the molecule is Clc1cccc(COc2cnn(Cc3ccccc3)c2)c1. The van der Waals surface area contributed by atoms with Crippen LogP contribution >= 0.6 is 11.6 Å². The number of ether oxygens (including phenoxy) is 1. The second kappa shape index (κ2) is 6.46. The number of benzene rings is 2. The Kier molecular flexibility index (Phi) is 4.22. The van der Waals surface area contributed by atoms with E-state index in [0.717, 1.165) is 22.9 Å². The van der Waals surface area contributed by atoms with Crippen LogP contribution in [0.25, 0.3) is 0 Å². The highest BCUT2D eigenvalue weighted by Gasteiger charge is 2.02. The Bertz CT molecular complexity index is 710. The Hall–Kier alpha value is -2.26. The first-order chi connectivity index (χ1) is 10.3. The molecule has 0 atom stereocenters. The van der Waals surface area contributed by atoms with Gasteiger partial charge in [0.25, 0.3) is 0 Å². The van der Waals surface area contributed by atoms with Crippen molar-refractivity contribution in [2.24, 2.45) is 0 Å². The Morgan fingerprint density at radius 3 is 2.62 bits per heavy atom. The van der Waals surface area contributed by atoms with Gasteiger partial charge in [-0.15, -0.1) is 0 Å². The van der Waals surface area contributed by atoms with Gasteiger partial charge in [-0.25, -0.2) is 0 Å². The van der Waals surface area contributed by atoms with Gasteiger partial charge in [0.2, 0.25) is 0 Å². The minimum absolute atomic E-state index is 0.484. The first-order valence-electron chi connectivity index (χ1n) is 6.73. The third kappa shape index (κ3) is 3.86. The molecular formula is C17H15ClN2O. The van der Waals surface area contributed by atoms with Gasteiger partial charge in [0.05, 0.1) is 18.9 Å². The molecule has 0 saturated heterocycles. The first-order valence-corrected chi connectivity index (χ1v) is 7.11. The maximum absolute atomic E-state index is 5.95. The van der Waals surface area contributed by atoms with E-state index in [9.17, 15) is 0 Å². The number of rotatable bonds is 5. The molecule has 0 N–H and O–H groups in total. The van der Waals surface area contributed by atoms with E-state index in [0.29, 0.717) is 6.61 Å². The molecule has 0 unspecified atom stereocenters. The summed E-state index contributed by atoms with van der Waals surface area (Å²) in [6.45, 7) is 1.22. The van der Waals surface area contributed by atoms with Gasteiger partial charge in [0.1, 0.15) is 6.61 Å². The van der Waals surface area contributed by atoms with Crippen LogP contribution in [-0.2, 0) is 13.2 Å². The van der Waals surface area contributed by atoms with Crippen molar-refractivity contribution in [2.75, 3.05) is 0 Å². The average Bonchev–Trinajstić information content (AvgIpc) is 2.94. The number of hydrogen-bond acceptors (Lipinski definition) is 2. The van der Waals surface area contributed by atoms with Crippen LogP contribution in [0.15, 0.2) is 67.0 Å². The molecular weight excluding hydrogens is 284 g/mol. The summed E-state index contributed by atoms with van der Waals surface area (Å²) in [4.78, 5) is 0. The molecule has 2 aromatic carbocycles. The summed E-state index contributed by atoms with van der Waals surface area (Å²) in [6, 6.07) is 17.9. The second-order valence-electron chi connectivity index (χ2n) is 4.78. The van der Waals surface area contributed by atoms with Crippen LogP contribution in [-0.4, -0.2) is 9.78 Å². The van der Waals surface area contributed by atoms with Gasteiger partial charge in [0.15, 0.2) is 5.75 Å². The lowest BCUT2D eigenvalue weighted by Gasteiger charge is -2.04. The molecule has 3 aromatic rings. The molecule has 4 heteroatoms. The number of halogens is 1. The Labute approximate surface area is 128 Å². The Balaban J connectivity index is 1.60. The molecule has 0 fully saturated rings. The molecule has 3 rings (SSSR count). The van der Waals surface area contributed by atoms with Crippen LogP contribution < -0.4 is 4.74 Å². The lowest BCUT2D eigenvalue weighted by molar-refractivity contribution is 0.306. The van der Waals surface area contributed by atoms with Crippen molar-refractivity contribution in [3.8, 4) is 5.75 Å². The van der Waals surface area contributed by atoms with E-state index in [1.54, 1.807) is 6.20 Å². The van der Waals surface area contributed by atoms with Gasteiger partial charge < -0.3 is 4.74 Å². The third-order valence-corrected chi connectivity index (χ3v) is 3.33. The molecule has 106 valence electrons. The molecule has 0 spiro atoms. The molecule has 0 aliphatic heterocycles. The van der Waals surface area contributed by atoms with Crippen LogP contribution in [0.3, 0.4) is 0 Å². The standard InChI is InChI=1S/C17H15ClN2O/c18-16-8-4-7-15(9-16)13-21-17-10-19-20(12-17)11-14-5-2-1-3-6-14/h1-10,12H,11,13H2. The summed E-state index contributed by atoms with van der Waals surface area (Å²) in [5, 5.41) is 5.03. The van der Waals surface area contributed by atoms with Crippen LogP contribution in [0.5, 0.6) is 5.75 Å². The van der Waals surface area contributed by atoms with E-state index in [-0.39, 0.29) is 0 Å². The summed E-state index contributed by atoms with van der Waals surface area (Å²) in [7, 11) is 0. The largest absolute Gasteiger partial charge is 0.486 e. The van der Waals surface area contributed by atoms with Crippen LogP contribution in [0.4, 0.5) is 0 Å². The monoisotopic (exact) mass is 298 g/mol. The normalized spacial score (nSPS) is 10.5.